The van der Waals surface area contributed by atoms with Crippen molar-refractivity contribution in [2.24, 2.45) is 0 Å². The largest absolute Gasteiger partial charge is 0.494 e. The smallest absolute Gasteiger partial charge is 0.328 e. The van der Waals surface area contributed by atoms with E-state index in [1.165, 1.54) is 11.7 Å². The molecule has 0 bridgehead atoms. The summed E-state index contributed by atoms with van der Waals surface area (Å²) in [4.78, 5) is 35.4. The van der Waals surface area contributed by atoms with Crippen LogP contribution in [0.15, 0.2) is 53.3 Å². The summed E-state index contributed by atoms with van der Waals surface area (Å²) in [6, 6.07) is 15.7. The molecule has 11 nitrogen and oxygen atoms in total. The van der Waals surface area contributed by atoms with Crippen LogP contribution in [0, 0.1) is 0 Å². The van der Waals surface area contributed by atoms with Crippen molar-refractivity contribution in [2.75, 3.05) is 32.6 Å². The zero-order valence-corrected chi connectivity index (χ0v) is 22.9. The number of anilines is 1. The second-order valence-electron chi connectivity index (χ2n) is 9.40. The van der Waals surface area contributed by atoms with Gasteiger partial charge in [0.25, 0.3) is 0 Å². The molecule has 0 atom stereocenters. The number of benzene rings is 2. The fraction of sp³-hybridized carbons (Fsp3) is 0.379. The standard InChI is InChI=1S/C29H36N6O5/c1-3-4-14-40-28-33-26(30)25-27(34-28)35(29(37)32-25)19-20-9-11-23(12-10-20)39-15-6-13-31-18-22-8-5-7-21(16-22)17-24(36)38-2/h5,7-12,16,31H,3-4,6,13-15,17-19H2,1-2H3,(H,32,37)(H2,30,33,34). The lowest BCUT2D eigenvalue weighted by Crippen LogP contribution is -2.18. The SMILES string of the molecule is CCCCOc1nc(N)c2[nH]c(=O)n(Cc3ccc(OCCCNCc4cccc(CC(=O)OC)c4)cc3)c2n1. The highest BCUT2D eigenvalue weighted by Crippen LogP contribution is 2.20. The Labute approximate surface area is 232 Å². The monoisotopic (exact) mass is 548 g/mol. The molecule has 40 heavy (non-hydrogen) atoms. The number of carbonyl (C=O) groups excluding carboxylic acids is 1. The van der Waals surface area contributed by atoms with Gasteiger partial charge in [0.05, 0.1) is 33.3 Å². The first-order valence-electron chi connectivity index (χ1n) is 13.4. The van der Waals surface area contributed by atoms with Crippen molar-refractivity contribution in [3.63, 3.8) is 0 Å². The Morgan fingerprint density at radius 2 is 1.80 bits per heavy atom. The number of unbranched alkanes of at least 4 members (excludes halogenated alkanes) is 1. The summed E-state index contributed by atoms with van der Waals surface area (Å²) in [5, 5.41) is 3.40. The van der Waals surface area contributed by atoms with Crippen LogP contribution in [0.1, 0.15) is 42.9 Å². The highest BCUT2D eigenvalue weighted by atomic mass is 16.5. The molecule has 4 aromatic rings. The number of rotatable bonds is 15. The van der Waals surface area contributed by atoms with Crippen molar-refractivity contribution in [1.29, 1.82) is 0 Å². The van der Waals surface area contributed by atoms with Crippen LogP contribution in [0.4, 0.5) is 5.82 Å². The molecule has 0 unspecified atom stereocenters. The molecule has 212 valence electrons. The first-order valence-corrected chi connectivity index (χ1v) is 13.4. The fourth-order valence-electron chi connectivity index (χ4n) is 4.13. The van der Waals surface area contributed by atoms with Crippen molar-refractivity contribution in [2.45, 2.75) is 45.7 Å². The van der Waals surface area contributed by atoms with Gasteiger partial charge in [-0.15, -0.1) is 0 Å². The molecule has 4 rings (SSSR count). The number of carbonyl (C=O) groups is 1. The Morgan fingerprint density at radius 1 is 1.02 bits per heavy atom. The summed E-state index contributed by atoms with van der Waals surface area (Å²) in [6.07, 6.45) is 2.96. The number of hydrogen-bond acceptors (Lipinski definition) is 9. The van der Waals surface area contributed by atoms with E-state index >= 15 is 0 Å². The van der Waals surface area contributed by atoms with Crippen molar-refractivity contribution in [3.05, 3.63) is 75.7 Å². The molecule has 4 N–H and O–H groups in total. The number of nitrogen functional groups attached to an aromatic ring is 1. The average Bonchev–Trinajstić information content (AvgIpc) is 3.27. The molecule has 0 amide bonds. The molecule has 0 saturated heterocycles. The number of H-pyrrole nitrogens is 1. The maximum Gasteiger partial charge on any atom is 0.328 e. The second kappa shape index (κ2) is 14.1. The van der Waals surface area contributed by atoms with Gasteiger partial charge in [0.2, 0.25) is 0 Å². The van der Waals surface area contributed by atoms with Crippen LogP contribution >= 0.6 is 0 Å². The summed E-state index contributed by atoms with van der Waals surface area (Å²) in [5.74, 6) is 0.685. The van der Waals surface area contributed by atoms with Gasteiger partial charge in [0, 0.05) is 6.54 Å². The van der Waals surface area contributed by atoms with Crippen LogP contribution < -0.4 is 26.2 Å². The Kier molecular flexibility index (Phi) is 10.1. The Hall–Kier alpha value is -4.38. The number of nitrogens with one attached hydrogen (secondary N) is 2. The van der Waals surface area contributed by atoms with Crippen molar-refractivity contribution in [1.82, 2.24) is 24.8 Å². The summed E-state index contributed by atoms with van der Waals surface area (Å²) < 4.78 is 17.7. The lowest BCUT2D eigenvalue weighted by molar-refractivity contribution is -0.139. The van der Waals surface area contributed by atoms with Crippen LogP contribution in [0.25, 0.3) is 11.2 Å². The average molecular weight is 549 g/mol. The Balaban J connectivity index is 1.25. The van der Waals surface area contributed by atoms with Gasteiger partial charge in [-0.05, 0) is 48.2 Å². The van der Waals surface area contributed by atoms with E-state index in [9.17, 15) is 9.59 Å². The molecule has 2 aromatic carbocycles. The van der Waals surface area contributed by atoms with E-state index in [4.69, 9.17) is 19.9 Å². The number of nitrogens with zero attached hydrogens (tertiary/aromatic N) is 3. The molecule has 0 aliphatic rings. The molecule has 0 radical (unpaired) electrons. The summed E-state index contributed by atoms with van der Waals surface area (Å²) in [5.41, 5.74) is 9.49. The van der Waals surface area contributed by atoms with Gasteiger partial charge in [-0.1, -0.05) is 49.7 Å². The maximum absolute atomic E-state index is 12.6. The Bertz CT molecular complexity index is 1460. The normalized spacial score (nSPS) is 11.1. The third-order valence-corrected chi connectivity index (χ3v) is 6.29. The summed E-state index contributed by atoms with van der Waals surface area (Å²) >= 11 is 0. The maximum atomic E-state index is 12.6. The summed E-state index contributed by atoms with van der Waals surface area (Å²) in [7, 11) is 1.39. The molecule has 0 saturated carbocycles. The number of ether oxygens (including phenoxy) is 3. The Morgan fingerprint density at radius 3 is 2.58 bits per heavy atom. The van der Waals surface area contributed by atoms with Gasteiger partial charge >= 0.3 is 17.7 Å². The van der Waals surface area contributed by atoms with Crippen LogP contribution in [0.3, 0.4) is 0 Å². The highest BCUT2D eigenvalue weighted by molar-refractivity contribution is 5.82. The van der Waals surface area contributed by atoms with Crippen molar-refractivity contribution in [3.8, 4) is 11.8 Å². The number of hydrogen-bond donors (Lipinski definition) is 3. The first kappa shape index (κ1) is 28.6. The molecule has 0 aliphatic heterocycles. The number of esters is 1. The molecule has 2 heterocycles. The zero-order chi connectivity index (χ0) is 28.3. The minimum atomic E-state index is -0.315. The molecule has 0 spiro atoms. The number of methoxy groups -OCH3 is 1. The molecule has 0 fully saturated rings. The van der Waals surface area contributed by atoms with E-state index < -0.39 is 0 Å². The number of aromatic nitrogens is 4. The van der Waals surface area contributed by atoms with Gasteiger partial charge in [0.15, 0.2) is 11.5 Å². The molecule has 11 heteroatoms. The predicted molar refractivity (Wildman–Crippen MR) is 152 cm³/mol. The van der Waals surface area contributed by atoms with E-state index in [-0.39, 0.29) is 29.9 Å². The zero-order valence-electron chi connectivity index (χ0n) is 22.9. The number of fused-ring (bicyclic) bond motifs is 1. The van der Waals surface area contributed by atoms with Crippen molar-refractivity contribution >= 4 is 23.0 Å². The van der Waals surface area contributed by atoms with Gasteiger partial charge in [-0.25, -0.2) is 4.79 Å². The fourth-order valence-corrected chi connectivity index (χ4v) is 4.13. The quantitative estimate of drug-likeness (QED) is 0.151. The third-order valence-electron chi connectivity index (χ3n) is 6.29. The second-order valence-corrected chi connectivity index (χ2v) is 9.40. The number of nitrogens with two attached hydrogens (primary N) is 1. The van der Waals surface area contributed by atoms with E-state index in [1.807, 2.05) is 48.5 Å². The number of imidazole rings is 1. The van der Waals surface area contributed by atoms with E-state index in [0.29, 0.717) is 37.5 Å². The lowest BCUT2D eigenvalue weighted by atomic mass is 10.1. The van der Waals surface area contributed by atoms with Crippen molar-refractivity contribution < 1.29 is 19.0 Å². The summed E-state index contributed by atoms with van der Waals surface area (Å²) in [6.45, 7) is 4.93. The molecule has 2 aromatic heterocycles. The van der Waals surface area contributed by atoms with Crippen LogP contribution in [-0.2, 0) is 29.0 Å². The van der Waals surface area contributed by atoms with Crippen LogP contribution in [0.5, 0.6) is 11.8 Å². The molecule has 0 aliphatic carbocycles. The number of aromatic amines is 1. The van der Waals surface area contributed by atoms with E-state index in [0.717, 1.165) is 48.2 Å². The minimum absolute atomic E-state index is 0.163. The van der Waals surface area contributed by atoms with Crippen LogP contribution in [-0.4, -0.2) is 52.4 Å². The molecular weight excluding hydrogens is 512 g/mol. The minimum Gasteiger partial charge on any atom is -0.494 e. The molecular formula is C29H36N6O5. The van der Waals surface area contributed by atoms with Gasteiger partial charge < -0.3 is 30.2 Å². The highest BCUT2D eigenvalue weighted by Gasteiger charge is 2.15. The van der Waals surface area contributed by atoms with Gasteiger partial charge in [0.1, 0.15) is 11.3 Å². The van der Waals surface area contributed by atoms with Gasteiger partial charge in [-0.3, -0.25) is 9.36 Å². The van der Waals surface area contributed by atoms with Gasteiger partial charge in [-0.2, -0.15) is 9.97 Å². The van der Waals surface area contributed by atoms with E-state index in [1.54, 1.807) is 0 Å². The topological polar surface area (TPSA) is 146 Å². The first-order chi connectivity index (χ1) is 19.5. The third kappa shape index (κ3) is 7.82. The lowest BCUT2D eigenvalue weighted by Gasteiger charge is -2.10. The predicted octanol–water partition coefficient (Wildman–Crippen LogP) is 3.20. The van der Waals surface area contributed by atoms with E-state index in [2.05, 4.69) is 27.2 Å². The van der Waals surface area contributed by atoms with Crippen LogP contribution in [0.2, 0.25) is 0 Å².